The van der Waals surface area contributed by atoms with Crippen LogP contribution >= 0.6 is 0 Å². The van der Waals surface area contributed by atoms with Crippen molar-refractivity contribution in [3.8, 4) is 0 Å². The first kappa shape index (κ1) is 25.8. The summed E-state index contributed by atoms with van der Waals surface area (Å²) in [6, 6.07) is 18.4. The van der Waals surface area contributed by atoms with Crippen LogP contribution in [0.25, 0.3) is 6.08 Å². The Bertz CT molecular complexity index is 1240. The largest absolute Gasteiger partial charge is 0.467 e. The molecule has 0 aliphatic carbocycles. The molecule has 36 heavy (non-hydrogen) atoms. The summed E-state index contributed by atoms with van der Waals surface area (Å²) in [6.45, 7) is 0.619. The highest BCUT2D eigenvalue weighted by Crippen LogP contribution is 2.18. The van der Waals surface area contributed by atoms with E-state index in [0.29, 0.717) is 17.9 Å². The van der Waals surface area contributed by atoms with Crippen molar-refractivity contribution in [2.75, 3.05) is 19.7 Å². The number of furan rings is 1. The predicted octanol–water partition coefficient (Wildman–Crippen LogP) is 4.43. The number of rotatable bonds is 11. The third-order valence-corrected chi connectivity index (χ3v) is 7.38. The fraction of sp³-hybridized carbons (Fsp3) is 0.296. The molecule has 4 rings (SSSR count). The van der Waals surface area contributed by atoms with Crippen LogP contribution in [-0.4, -0.2) is 49.3 Å². The Balaban J connectivity index is 1.55. The lowest BCUT2D eigenvalue weighted by Gasteiger charge is -2.27. The molecular formula is C27H29FN2O5S. The Labute approximate surface area is 210 Å². The lowest BCUT2D eigenvalue weighted by atomic mass is 10.2. The van der Waals surface area contributed by atoms with Crippen molar-refractivity contribution < 1.29 is 26.8 Å². The maximum absolute atomic E-state index is 13.5. The second kappa shape index (κ2) is 12.1. The fourth-order valence-electron chi connectivity index (χ4n) is 3.97. The van der Waals surface area contributed by atoms with Crippen LogP contribution in [0, 0.1) is 5.82 Å². The van der Waals surface area contributed by atoms with Gasteiger partial charge in [0.1, 0.15) is 11.6 Å². The van der Waals surface area contributed by atoms with Gasteiger partial charge in [-0.05, 0) is 54.3 Å². The molecule has 1 amide bonds. The van der Waals surface area contributed by atoms with Crippen molar-refractivity contribution >= 4 is 22.0 Å². The smallest absolute Gasteiger partial charge is 0.238 e. The summed E-state index contributed by atoms with van der Waals surface area (Å²) in [7, 11) is -3.92. The van der Waals surface area contributed by atoms with E-state index in [4.69, 9.17) is 9.15 Å². The van der Waals surface area contributed by atoms with E-state index in [1.54, 1.807) is 36.4 Å². The fourth-order valence-corrected chi connectivity index (χ4v) is 5.14. The summed E-state index contributed by atoms with van der Waals surface area (Å²) in [5.41, 5.74) is 1.45. The van der Waals surface area contributed by atoms with Gasteiger partial charge in [-0.25, -0.2) is 12.8 Å². The topological polar surface area (TPSA) is 80.1 Å². The number of sulfonamides is 1. The zero-order valence-electron chi connectivity index (χ0n) is 19.8. The van der Waals surface area contributed by atoms with Crippen molar-refractivity contribution in [3.63, 3.8) is 0 Å². The van der Waals surface area contributed by atoms with Crippen LogP contribution in [0.2, 0.25) is 0 Å². The van der Waals surface area contributed by atoms with Crippen LogP contribution in [0.1, 0.15) is 29.7 Å². The normalized spacial score (nSPS) is 16.1. The van der Waals surface area contributed by atoms with Gasteiger partial charge < -0.3 is 14.1 Å². The molecule has 9 heteroatoms. The highest BCUT2D eigenvalue weighted by molar-refractivity contribution is 7.92. The number of carbonyl (C=O) groups excluding carboxylic acids is 1. The minimum absolute atomic E-state index is 0.0817. The van der Waals surface area contributed by atoms with Crippen LogP contribution in [-0.2, 0) is 32.6 Å². The Morgan fingerprint density at radius 3 is 2.47 bits per heavy atom. The molecule has 3 aromatic rings. The van der Waals surface area contributed by atoms with Crippen LogP contribution in [0.3, 0.4) is 0 Å². The van der Waals surface area contributed by atoms with Gasteiger partial charge in [-0.15, -0.1) is 0 Å². The van der Waals surface area contributed by atoms with Gasteiger partial charge in [0.15, 0.2) is 0 Å². The van der Waals surface area contributed by atoms with Crippen molar-refractivity contribution in [2.45, 2.75) is 32.0 Å². The van der Waals surface area contributed by atoms with Gasteiger partial charge >= 0.3 is 0 Å². The Morgan fingerprint density at radius 2 is 1.81 bits per heavy atom. The molecular weight excluding hydrogens is 483 g/mol. The molecule has 0 radical (unpaired) electrons. The minimum Gasteiger partial charge on any atom is -0.467 e. The summed E-state index contributed by atoms with van der Waals surface area (Å²) in [4.78, 5) is 15.0. The molecule has 7 nitrogen and oxygen atoms in total. The van der Waals surface area contributed by atoms with Gasteiger partial charge in [0, 0.05) is 25.1 Å². The molecule has 190 valence electrons. The van der Waals surface area contributed by atoms with E-state index >= 15 is 0 Å². The number of hydrogen-bond acceptors (Lipinski definition) is 5. The van der Waals surface area contributed by atoms with Crippen LogP contribution in [0.5, 0.6) is 0 Å². The number of ether oxygens (including phenoxy) is 1. The van der Waals surface area contributed by atoms with Gasteiger partial charge in [0.2, 0.25) is 15.9 Å². The van der Waals surface area contributed by atoms with Gasteiger partial charge in [-0.1, -0.05) is 42.5 Å². The number of nitrogens with zero attached hydrogens (tertiary/aromatic N) is 2. The first-order valence-corrected chi connectivity index (χ1v) is 13.3. The quantitative estimate of drug-likeness (QED) is 0.380. The highest BCUT2D eigenvalue weighted by Gasteiger charge is 2.30. The Morgan fingerprint density at radius 1 is 1.03 bits per heavy atom. The van der Waals surface area contributed by atoms with Gasteiger partial charge in [-0.2, -0.15) is 4.31 Å². The number of halogens is 1. The van der Waals surface area contributed by atoms with E-state index in [9.17, 15) is 17.6 Å². The molecule has 1 aromatic heterocycles. The first-order chi connectivity index (χ1) is 17.4. The van der Waals surface area contributed by atoms with E-state index < -0.39 is 15.9 Å². The predicted molar refractivity (Wildman–Crippen MR) is 134 cm³/mol. The van der Waals surface area contributed by atoms with Crippen molar-refractivity contribution in [2.24, 2.45) is 0 Å². The highest BCUT2D eigenvalue weighted by atomic mass is 32.2. The molecule has 1 aliphatic heterocycles. The molecule has 2 aromatic carbocycles. The molecule has 1 atom stereocenters. The Hall–Kier alpha value is -3.27. The molecule has 0 saturated carbocycles. The molecule has 0 spiro atoms. The van der Waals surface area contributed by atoms with Crippen molar-refractivity contribution in [3.05, 3.63) is 101 Å². The number of benzene rings is 2. The van der Waals surface area contributed by atoms with Crippen LogP contribution in [0.4, 0.5) is 4.39 Å². The maximum atomic E-state index is 13.5. The average Bonchev–Trinajstić information content (AvgIpc) is 3.58. The molecule has 1 unspecified atom stereocenters. The average molecular weight is 513 g/mol. The Kier molecular flexibility index (Phi) is 8.69. The third-order valence-electron chi connectivity index (χ3n) is 5.90. The summed E-state index contributed by atoms with van der Waals surface area (Å²) in [6.07, 6.45) is 4.34. The molecule has 1 fully saturated rings. The van der Waals surface area contributed by atoms with Crippen LogP contribution < -0.4 is 0 Å². The van der Waals surface area contributed by atoms with E-state index in [-0.39, 0.29) is 38.1 Å². The molecule has 0 bridgehead atoms. The van der Waals surface area contributed by atoms with Gasteiger partial charge in [-0.3, -0.25) is 4.79 Å². The van der Waals surface area contributed by atoms with E-state index in [2.05, 4.69) is 0 Å². The van der Waals surface area contributed by atoms with Crippen LogP contribution in [0.15, 0.2) is 82.8 Å². The lowest BCUT2D eigenvalue weighted by molar-refractivity contribution is -0.133. The number of hydrogen-bond donors (Lipinski definition) is 0. The zero-order valence-corrected chi connectivity index (χ0v) is 20.6. The van der Waals surface area contributed by atoms with E-state index in [1.807, 2.05) is 18.2 Å². The van der Waals surface area contributed by atoms with Gasteiger partial charge in [0.25, 0.3) is 0 Å². The maximum Gasteiger partial charge on any atom is 0.238 e. The molecule has 1 aliphatic rings. The molecule has 2 heterocycles. The summed E-state index contributed by atoms with van der Waals surface area (Å²) < 4.78 is 52.3. The van der Waals surface area contributed by atoms with Gasteiger partial charge in [0.05, 0.1) is 25.5 Å². The van der Waals surface area contributed by atoms with E-state index in [0.717, 1.165) is 23.8 Å². The number of amides is 1. The first-order valence-electron chi connectivity index (χ1n) is 11.8. The SMILES string of the molecule is O=C(CN(CC1CCCO1)S(=O)(=O)C=Cc1ccccc1)N(Cc1ccc(F)cc1)Cc1ccco1. The monoisotopic (exact) mass is 512 g/mol. The van der Waals surface area contributed by atoms with Crippen molar-refractivity contribution in [1.82, 2.24) is 9.21 Å². The second-order valence-electron chi connectivity index (χ2n) is 8.64. The third kappa shape index (κ3) is 7.36. The van der Waals surface area contributed by atoms with Crippen molar-refractivity contribution in [1.29, 1.82) is 0 Å². The molecule has 0 N–H and O–H groups in total. The minimum atomic E-state index is -3.92. The second-order valence-corrected chi connectivity index (χ2v) is 10.5. The zero-order chi connectivity index (χ0) is 25.4. The standard InChI is InChI=1S/C27H29FN2O5S/c28-24-12-10-23(11-13-24)18-29(19-25-8-4-15-34-25)27(31)21-30(20-26-9-5-16-35-26)36(32,33)17-14-22-6-2-1-3-7-22/h1-4,6-8,10-15,17,26H,5,9,16,18-21H2. The number of carbonyl (C=O) groups is 1. The lowest BCUT2D eigenvalue weighted by Crippen LogP contribution is -2.44. The summed E-state index contributed by atoms with van der Waals surface area (Å²) >= 11 is 0. The summed E-state index contributed by atoms with van der Waals surface area (Å²) in [5.74, 6) is -0.213. The molecule has 1 saturated heterocycles. The van der Waals surface area contributed by atoms with E-state index in [1.165, 1.54) is 33.7 Å². The summed E-state index contributed by atoms with van der Waals surface area (Å²) in [5, 5.41) is 1.13.